The first-order chi connectivity index (χ1) is 15.6. The quantitative estimate of drug-likeness (QED) is 0.398. The normalized spacial score (nSPS) is 21.1. The molecule has 0 bridgehead atoms. The molecular formula is C25H21N3O4. The zero-order valence-electron chi connectivity index (χ0n) is 17.4. The van der Waals surface area contributed by atoms with E-state index in [0.29, 0.717) is 6.61 Å². The van der Waals surface area contributed by atoms with Crippen molar-refractivity contribution < 1.29 is 14.5 Å². The standard InChI is InChI=1S/C25H21N3O4/c1-2-31-22-14-10-19(11-15-22)25(18-8-12-21(13-9-18)28(29)30)23-16-26-17-24(23)32-27(25)20-6-4-3-5-7-20/h3-17,23H,2H2,1H3. The largest absolute Gasteiger partial charge is 0.494 e. The summed E-state index contributed by atoms with van der Waals surface area (Å²) in [4.78, 5) is 21.6. The Hall–Kier alpha value is -4.13. The van der Waals surface area contributed by atoms with E-state index in [4.69, 9.17) is 9.57 Å². The molecular weight excluding hydrogens is 406 g/mol. The van der Waals surface area contributed by atoms with Crippen molar-refractivity contribution in [3.63, 3.8) is 0 Å². The van der Waals surface area contributed by atoms with E-state index in [9.17, 15) is 10.1 Å². The van der Waals surface area contributed by atoms with Gasteiger partial charge < -0.3 is 9.57 Å². The minimum Gasteiger partial charge on any atom is -0.494 e. The van der Waals surface area contributed by atoms with Crippen LogP contribution < -0.4 is 9.80 Å². The lowest BCUT2D eigenvalue weighted by molar-refractivity contribution is -0.384. The molecule has 2 aliphatic heterocycles. The van der Waals surface area contributed by atoms with Gasteiger partial charge in [0.25, 0.3) is 5.69 Å². The number of non-ortho nitro benzene ring substituents is 1. The summed E-state index contributed by atoms with van der Waals surface area (Å²) in [5.41, 5.74) is 1.91. The summed E-state index contributed by atoms with van der Waals surface area (Å²) >= 11 is 0. The predicted octanol–water partition coefficient (Wildman–Crippen LogP) is 5.23. The highest BCUT2D eigenvalue weighted by molar-refractivity contribution is 5.77. The molecule has 0 amide bonds. The summed E-state index contributed by atoms with van der Waals surface area (Å²) in [5, 5.41) is 13.2. The molecule has 1 fully saturated rings. The smallest absolute Gasteiger partial charge is 0.269 e. The number of hydrogen-bond donors (Lipinski definition) is 0. The SMILES string of the molecule is CCOc1ccc(C2(c3ccc([N+](=O)[O-])cc3)C3C=NC=C3ON2c2ccccc2)cc1. The van der Waals surface area contributed by atoms with Crippen molar-refractivity contribution in [1.29, 1.82) is 0 Å². The number of nitro groups is 1. The molecule has 0 saturated carbocycles. The lowest BCUT2D eigenvalue weighted by Crippen LogP contribution is -2.46. The average molecular weight is 427 g/mol. The zero-order chi connectivity index (χ0) is 22.1. The summed E-state index contributed by atoms with van der Waals surface area (Å²) in [6.45, 7) is 2.52. The Morgan fingerprint density at radius 3 is 2.31 bits per heavy atom. The number of para-hydroxylation sites is 1. The summed E-state index contributed by atoms with van der Waals surface area (Å²) in [6.07, 6.45) is 3.60. The van der Waals surface area contributed by atoms with Gasteiger partial charge in [-0.25, -0.2) is 0 Å². The van der Waals surface area contributed by atoms with Crippen LogP contribution in [0.4, 0.5) is 11.4 Å². The second-order valence-electron chi connectivity index (χ2n) is 7.56. The molecule has 7 nitrogen and oxygen atoms in total. The van der Waals surface area contributed by atoms with Crippen molar-refractivity contribution >= 4 is 17.6 Å². The molecule has 7 heteroatoms. The van der Waals surface area contributed by atoms with Gasteiger partial charge >= 0.3 is 0 Å². The first-order valence-electron chi connectivity index (χ1n) is 10.4. The fourth-order valence-electron chi connectivity index (χ4n) is 4.44. The molecule has 3 aromatic rings. The summed E-state index contributed by atoms with van der Waals surface area (Å²) in [5.74, 6) is 1.29. The van der Waals surface area contributed by atoms with E-state index >= 15 is 0 Å². The fourth-order valence-corrected chi connectivity index (χ4v) is 4.44. The third-order valence-corrected chi connectivity index (χ3v) is 5.82. The van der Waals surface area contributed by atoms with Crippen LogP contribution in [0.1, 0.15) is 18.1 Å². The summed E-state index contributed by atoms with van der Waals surface area (Å²) in [6, 6.07) is 24.4. The van der Waals surface area contributed by atoms with Gasteiger partial charge in [0, 0.05) is 18.3 Å². The Kier molecular flexibility index (Phi) is 4.86. The number of rotatable bonds is 6. The molecule has 3 aromatic carbocycles. The second kappa shape index (κ2) is 7.85. The zero-order valence-corrected chi connectivity index (χ0v) is 17.4. The Labute approximate surface area is 185 Å². The fraction of sp³-hybridized carbons (Fsp3) is 0.160. The summed E-state index contributed by atoms with van der Waals surface area (Å²) < 4.78 is 5.64. The van der Waals surface area contributed by atoms with Crippen LogP contribution in [0.3, 0.4) is 0 Å². The van der Waals surface area contributed by atoms with Crippen molar-refractivity contribution in [3.05, 3.63) is 112 Å². The minimum absolute atomic E-state index is 0.0385. The van der Waals surface area contributed by atoms with E-state index in [1.54, 1.807) is 18.3 Å². The number of hydroxylamine groups is 1. The van der Waals surface area contributed by atoms with E-state index in [0.717, 1.165) is 28.3 Å². The van der Waals surface area contributed by atoms with Crippen LogP contribution in [0.5, 0.6) is 5.75 Å². The molecule has 0 radical (unpaired) electrons. The maximum Gasteiger partial charge on any atom is 0.269 e. The summed E-state index contributed by atoms with van der Waals surface area (Å²) in [7, 11) is 0. The second-order valence-corrected chi connectivity index (χ2v) is 7.56. The minimum atomic E-state index is -0.812. The number of anilines is 1. The lowest BCUT2D eigenvalue weighted by atomic mass is 9.73. The van der Waals surface area contributed by atoms with Crippen LogP contribution in [-0.2, 0) is 10.4 Å². The van der Waals surface area contributed by atoms with Crippen molar-refractivity contribution in [2.45, 2.75) is 12.5 Å². The first-order valence-corrected chi connectivity index (χ1v) is 10.4. The highest BCUT2D eigenvalue weighted by Gasteiger charge is 2.57. The van der Waals surface area contributed by atoms with Gasteiger partial charge in [0.1, 0.15) is 11.3 Å². The number of aliphatic imine (C=N–C) groups is 1. The molecule has 1 saturated heterocycles. The van der Waals surface area contributed by atoms with Crippen molar-refractivity contribution in [2.24, 2.45) is 10.9 Å². The number of ether oxygens (including phenoxy) is 1. The maximum atomic E-state index is 11.3. The first kappa shape index (κ1) is 19.8. The van der Waals surface area contributed by atoms with Crippen LogP contribution in [0.25, 0.3) is 0 Å². The molecule has 160 valence electrons. The third-order valence-electron chi connectivity index (χ3n) is 5.82. The van der Waals surface area contributed by atoms with E-state index in [1.807, 2.05) is 72.8 Å². The number of nitro benzene ring substituents is 1. The van der Waals surface area contributed by atoms with Crippen LogP contribution in [0.2, 0.25) is 0 Å². The van der Waals surface area contributed by atoms with Gasteiger partial charge in [-0.2, -0.15) is 5.06 Å². The van der Waals surface area contributed by atoms with Crippen LogP contribution in [0, 0.1) is 16.0 Å². The molecule has 0 spiro atoms. The van der Waals surface area contributed by atoms with Crippen LogP contribution in [0.15, 0.2) is 95.8 Å². The predicted molar refractivity (Wildman–Crippen MR) is 122 cm³/mol. The van der Waals surface area contributed by atoms with Crippen molar-refractivity contribution in [1.82, 2.24) is 0 Å². The maximum absolute atomic E-state index is 11.3. The molecule has 2 heterocycles. The Morgan fingerprint density at radius 2 is 1.69 bits per heavy atom. The van der Waals surface area contributed by atoms with Gasteiger partial charge in [0.05, 0.1) is 29.3 Å². The topological polar surface area (TPSA) is 77.2 Å². The number of benzene rings is 3. The lowest BCUT2D eigenvalue weighted by Gasteiger charge is -2.40. The van der Waals surface area contributed by atoms with E-state index < -0.39 is 10.5 Å². The van der Waals surface area contributed by atoms with Gasteiger partial charge in [0.15, 0.2) is 5.76 Å². The highest BCUT2D eigenvalue weighted by atomic mass is 16.7. The van der Waals surface area contributed by atoms with Gasteiger partial charge in [-0.15, -0.1) is 0 Å². The Balaban J connectivity index is 1.75. The number of nitrogens with zero attached hydrogens (tertiary/aromatic N) is 3. The molecule has 0 aromatic heterocycles. The molecule has 2 atom stereocenters. The molecule has 32 heavy (non-hydrogen) atoms. The van der Waals surface area contributed by atoms with Crippen molar-refractivity contribution in [2.75, 3.05) is 11.7 Å². The molecule has 2 unspecified atom stereocenters. The van der Waals surface area contributed by atoms with E-state index in [2.05, 4.69) is 4.99 Å². The molecule has 2 aliphatic rings. The van der Waals surface area contributed by atoms with E-state index in [1.165, 1.54) is 12.1 Å². The van der Waals surface area contributed by atoms with Gasteiger partial charge in [-0.1, -0.05) is 30.3 Å². The van der Waals surface area contributed by atoms with Crippen molar-refractivity contribution in [3.8, 4) is 5.75 Å². The third kappa shape index (κ3) is 3.01. The van der Waals surface area contributed by atoms with Crippen LogP contribution in [-0.4, -0.2) is 17.7 Å². The highest BCUT2D eigenvalue weighted by Crippen LogP contribution is 2.54. The van der Waals surface area contributed by atoms with Gasteiger partial charge in [-0.05, 0) is 54.4 Å². The molecule has 5 rings (SSSR count). The average Bonchev–Trinajstić information content (AvgIpc) is 3.41. The van der Waals surface area contributed by atoms with E-state index in [-0.39, 0.29) is 11.6 Å². The van der Waals surface area contributed by atoms with Gasteiger partial charge in [-0.3, -0.25) is 15.1 Å². The number of fused-ring (bicyclic) bond motifs is 1. The molecule has 0 N–H and O–H groups in total. The van der Waals surface area contributed by atoms with Crippen LogP contribution >= 0.6 is 0 Å². The molecule has 0 aliphatic carbocycles. The Bertz CT molecular complexity index is 1190. The number of hydrogen-bond acceptors (Lipinski definition) is 6. The monoisotopic (exact) mass is 427 g/mol. The Morgan fingerprint density at radius 1 is 1.03 bits per heavy atom. The van der Waals surface area contributed by atoms with Gasteiger partial charge in [0.2, 0.25) is 0 Å².